The Labute approximate surface area is 139 Å². The number of aryl methyl sites for hydroxylation is 4. The lowest BCUT2D eigenvalue weighted by Crippen LogP contribution is -2.31. The van der Waals surface area contributed by atoms with E-state index in [0.29, 0.717) is 0 Å². The number of rotatable bonds is 4. The molecule has 0 saturated carbocycles. The van der Waals surface area contributed by atoms with Crippen molar-refractivity contribution in [1.29, 1.82) is 0 Å². The van der Waals surface area contributed by atoms with E-state index in [1.807, 2.05) is 0 Å². The number of imidazole rings is 1. The predicted molar refractivity (Wildman–Crippen MR) is 94.7 cm³/mol. The molecule has 2 nitrogen and oxygen atoms in total. The smallest absolute Gasteiger partial charge is 0.233 e. The molecule has 0 aliphatic heterocycles. The van der Waals surface area contributed by atoms with Gasteiger partial charge in [-0.3, -0.25) is 0 Å². The van der Waals surface area contributed by atoms with Crippen LogP contribution in [0.4, 0.5) is 0 Å². The minimum atomic E-state index is 0.917. The standard InChI is InChI=1S/C21H25N2/c1-16-6-5-7-20(12-16)13-22-8-9-23(15-22)14-21-18(3)10-17(2)11-19(21)4/h5-12,15H,13-14H2,1-4H3/q+1. The first-order chi connectivity index (χ1) is 11.0. The summed E-state index contributed by atoms with van der Waals surface area (Å²) < 4.78 is 4.51. The number of benzene rings is 2. The first-order valence-electron chi connectivity index (χ1n) is 8.18. The summed E-state index contributed by atoms with van der Waals surface area (Å²) in [6.45, 7) is 10.6. The Balaban J connectivity index is 1.78. The van der Waals surface area contributed by atoms with Gasteiger partial charge in [-0.25, -0.2) is 9.13 Å². The van der Waals surface area contributed by atoms with Crippen molar-refractivity contribution in [2.75, 3.05) is 0 Å². The van der Waals surface area contributed by atoms with Crippen LogP contribution in [0.25, 0.3) is 0 Å². The predicted octanol–water partition coefficient (Wildman–Crippen LogP) is 4.11. The molecule has 0 saturated heterocycles. The summed E-state index contributed by atoms with van der Waals surface area (Å²) >= 11 is 0. The van der Waals surface area contributed by atoms with Crippen molar-refractivity contribution in [2.24, 2.45) is 0 Å². The molecule has 1 heterocycles. The van der Waals surface area contributed by atoms with Crippen molar-refractivity contribution in [3.8, 4) is 0 Å². The Morgan fingerprint density at radius 3 is 2.35 bits per heavy atom. The highest BCUT2D eigenvalue weighted by molar-refractivity contribution is 5.37. The van der Waals surface area contributed by atoms with Gasteiger partial charge in [-0.15, -0.1) is 0 Å². The molecule has 0 aliphatic carbocycles. The molecular formula is C21H25N2+. The second-order valence-electron chi connectivity index (χ2n) is 6.62. The molecule has 0 unspecified atom stereocenters. The summed E-state index contributed by atoms with van der Waals surface area (Å²) in [6, 6.07) is 13.2. The van der Waals surface area contributed by atoms with E-state index in [1.54, 1.807) is 0 Å². The summed E-state index contributed by atoms with van der Waals surface area (Å²) in [4.78, 5) is 0. The number of hydrogen-bond donors (Lipinski definition) is 0. The van der Waals surface area contributed by atoms with Gasteiger partial charge in [0.2, 0.25) is 6.33 Å². The fourth-order valence-corrected chi connectivity index (χ4v) is 3.29. The number of aromatic nitrogens is 2. The largest absolute Gasteiger partial charge is 0.244 e. The average Bonchev–Trinajstić information content (AvgIpc) is 2.90. The maximum absolute atomic E-state index is 2.27. The van der Waals surface area contributed by atoms with Crippen LogP contribution in [0.3, 0.4) is 0 Å². The molecule has 0 spiro atoms. The zero-order valence-electron chi connectivity index (χ0n) is 14.5. The fraction of sp³-hybridized carbons (Fsp3) is 0.286. The second kappa shape index (κ2) is 6.41. The van der Waals surface area contributed by atoms with Gasteiger partial charge in [0.15, 0.2) is 0 Å². The van der Waals surface area contributed by atoms with Crippen molar-refractivity contribution < 1.29 is 4.57 Å². The molecule has 2 aromatic carbocycles. The Morgan fingerprint density at radius 2 is 1.65 bits per heavy atom. The molecule has 0 amide bonds. The van der Waals surface area contributed by atoms with Crippen molar-refractivity contribution in [2.45, 2.75) is 40.8 Å². The van der Waals surface area contributed by atoms with E-state index in [1.165, 1.54) is 33.4 Å². The van der Waals surface area contributed by atoms with Crippen LogP contribution >= 0.6 is 0 Å². The van der Waals surface area contributed by atoms with Gasteiger partial charge >= 0.3 is 0 Å². The Kier molecular flexibility index (Phi) is 4.33. The van der Waals surface area contributed by atoms with E-state index in [9.17, 15) is 0 Å². The number of hydrogen-bond acceptors (Lipinski definition) is 0. The summed E-state index contributed by atoms with van der Waals surface area (Å²) in [6.07, 6.45) is 6.51. The SMILES string of the molecule is Cc1cccc(C[n+]2ccn(Cc3c(C)cc(C)cc3C)c2)c1. The minimum Gasteiger partial charge on any atom is -0.233 e. The summed E-state index contributed by atoms with van der Waals surface area (Å²) in [5.41, 5.74) is 8.17. The third kappa shape index (κ3) is 3.70. The normalized spacial score (nSPS) is 11.0. The first kappa shape index (κ1) is 15.5. The Morgan fingerprint density at radius 1 is 0.913 bits per heavy atom. The molecule has 118 valence electrons. The third-order valence-corrected chi connectivity index (χ3v) is 4.37. The topological polar surface area (TPSA) is 8.81 Å². The van der Waals surface area contributed by atoms with E-state index in [2.05, 4.69) is 91.9 Å². The van der Waals surface area contributed by atoms with Gasteiger partial charge in [-0.2, -0.15) is 0 Å². The van der Waals surface area contributed by atoms with Gasteiger partial charge in [-0.05, 0) is 49.9 Å². The lowest BCUT2D eigenvalue weighted by Gasteiger charge is -2.09. The summed E-state index contributed by atoms with van der Waals surface area (Å²) in [7, 11) is 0. The zero-order chi connectivity index (χ0) is 16.4. The lowest BCUT2D eigenvalue weighted by atomic mass is 10.00. The summed E-state index contributed by atoms with van der Waals surface area (Å²) in [5.74, 6) is 0. The monoisotopic (exact) mass is 305 g/mol. The van der Waals surface area contributed by atoms with Gasteiger partial charge in [0, 0.05) is 0 Å². The maximum atomic E-state index is 2.27. The van der Waals surface area contributed by atoms with E-state index < -0.39 is 0 Å². The van der Waals surface area contributed by atoms with Gasteiger partial charge < -0.3 is 0 Å². The van der Waals surface area contributed by atoms with Crippen LogP contribution in [0.1, 0.15) is 33.4 Å². The highest BCUT2D eigenvalue weighted by Gasteiger charge is 2.10. The van der Waals surface area contributed by atoms with Gasteiger partial charge in [0.05, 0.1) is 0 Å². The van der Waals surface area contributed by atoms with Crippen LogP contribution in [0, 0.1) is 27.7 Å². The second-order valence-corrected chi connectivity index (χ2v) is 6.62. The van der Waals surface area contributed by atoms with Crippen LogP contribution in [-0.4, -0.2) is 4.57 Å². The third-order valence-electron chi connectivity index (χ3n) is 4.37. The molecule has 3 aromatic rings. The van der Waals surface area contributed by atoms with Crippen LogP contribution < -0.4 is 4.57 Å². The van der Waals surface area contributed by atoms with E-state index >= 15 is 0 Å². The van der Waals surface area contributed by atoms with Crippen LogP contribution in [0.5, 0.6) is 0 Å². The van der Waals surface area contributed by atoms with Crippen molar-refractivity contribution in [3.63, 3.8) is 0 Å². The van der Waals surface area contributed by atoms with Crippen molar-refractivity contribution in [1.82, 2.24) is 4.57 Å². The van der Waals surface area contributed by atoms with Gasteiger partial charge in [0.25, 0.3) is 0 Å². The maximum Gasteiger partial charge on any atom is 0.244 e. The number of nitrogens with zero attached hydrogens (tertiary/aromatic N) is 2. The molecule has 0 fully saturated rings. The average molecular weight is 305 g/mol. The highest BCUT2D eigenvalue weighted by atomic mass is 15.1. The quantitative estimate of drug-likeness (QED) is 0.642. The van der Waals surface area contributed by atoms with E-state index in [-0.39, 0.29) is 0 Å². The molecule has 2 heteroatoms. The molecular weight excluding hydrogens is 280 g/mol. The molecule has 0 bridgehead atoms. The van der Waals surface area contributed by atoms with Crippen molar-refractivity contribution in [3.05, 3.63) is 88.5 Å². The first-order valence-corrected chi connectivity index (χ1v) is 8.18. The van der Waals surface area contributed by atoms with Gasteiger partial charge in [-0.1, -0.05) is 47.5 Å². The lowest BCUT2D eigenvalue weighted by molar-refractivity contribution is -0.687. The summed E-state index contributed by atoms with van der Waals surface area (Å²) in [5, 5.41) is 0. The molecule has 23 heavy (non-hydrogen) atoms. The Hall–Kier alpha value is -2.35. The van der Waals surface area contributed by atoms with Crippen molar-refractivity contribution >= 4 is 0 Å². The zero-order valence-corrected chi connectivity index (χ0v) is 14.5. The minimum absolute atomic E-state index is 0.917. The molecule has 0 aliphatic rings. The fourth-order valence-electron chi connectivity index (χ4n) is 3.29. The van der Waals surface area contributed by atoms with Crippen LogP contribution in [0.2, 0.25) is 0 Å². The van der Waals surface area contributed by atoms with Gasteiger partial charge in [0.1, 0.15) is 25.5 Å². The van der Waals surface area contributed by atoms with E-state index in [0.717, 1.165) is 13.1 Å². The molecule has 1 aromatic heterocycles. The van der Waals surface area contributed by atoms with E-state index in [4.69, 9.17) is 0 Å². The molecule has 0 radical (unpaired) electrons. The highest BCUT2D eigenvalue weighted by Crippen LogP contribution is 2.17. The van der Waals surface area contributed by atoms with Crippen LogP contribution in [-0.2, 0) is 13.1 Å². The molecule has 0 atom stereocenters. The van der Waals surface area contributed by atoms with Crippen LogP contribution in [0.15, 0.2) is 55.1 Å². The molecule has 3 rings (SSSR count). The molecule has 0 N–H and O–H groups in total. The Bertz CT molecular complexity index is 804.